The first kappa shape index (κ1) is 40.5. The van der Waals surface area contributed by atoms with Crippen LogP contribution >= 0.6 is 15.9 Å². The van der Waals surface area contributed by atoms with Gasteiger partial charge in [-0.2, -0.15) is 8.78 Å². The molecule has 18 heteroatoms. The summed E-state index contributed by atoms with van der Waals surface area (Å²) >= 11 is 3.07. The summed E-state index contributed by atoms with van der Waals surface area (Å²) in [4.78, 5) is 37.8. The summed E-state index contributed by atoms with van der Waals surface area (Å²) in [6.45, 7) is 8.04. The summed E-state index contributed by atoms with van der Waals surface area (Å²) in [7, 11) is -1.63. The number of carbonyl (C=O) groups excluding carboxylic acids is 2. The maximum atomic E-state index is 13.3. The number of aryl methyl sites for hydroxylation is 4. The Morgan fingerprint density at radius 2 is 1.15 bits per heavy atom. The van der Waals surface area contributed by atoms with Gasteiger partial charge in [0.05, 0.1) is 11.8 Å². The lowest BCUT2D eigenvalue weighted by Crippen LogP contribution is -2.30. The molecule has 0 spiro atoms. The van der Waals surface area contributed by atoms with Gasteiger partial charge in [0.15, 0.2) is 11.6 Å². The molecule has 0 fully saturated rings. The number of carbonyl (C=O) groups is 2. The van der Waals surface area contributed by atoms with E-state index in [1.165, 1.54) is 58.9 Å². The summed E-state index contributed by atoms with van der Waals surface area (Å²) in [5, 5.41) is 25.6. The minimum atomic E-state index is -1.63. The second-order valence-corrected chi connectivity index (χ2v) is 12.6. The predicted octanol–water partition coefficient (Wildman–Crippen LogP) is 3.72. The molecule has 0 radical (unpaired) electrons. The fourth-order valence-corrected chi connectivity index (χ4v) is 5.10. The van der Waals surface area contributed by atoms with Crippen molar-refractivity contribution in [2.75, 3.05) is 0 Å². The molecule has 54 heavy (non-hydrogen) atoms. The van der Waals surface area contributed by atoms with Crippen molar-refractivity contribution in [1.82, 2.24) is 39.5 Å². The van der Waals surface area contributed by atoms with Crippen LogP contribution in [0.4, 0.5) is 8.78 Å². The number of nitrogens with two attached hydrogens (primary N) is 2. The SMILES string of the molecule is Cc1cc(C)cc(-c2ncn(/C=C(/Br)C(N)=O)n2)c1.Cc1cc(C)cc(-c2ncn(/C=C(\C(N)=O)c3ccnc(F)c3)n2)c1.OB(O)c1ccnc(F)c1. The summed E-state index contributed by atoms with van der Waals surface area (Å²) in [5.74, 6) is -1.54. The van der Waals surface area contributed by atoms with Crippen LogP contribution in [-0.2, 0) is 9.59 Å². The van der Waals surface area contributed by atoms with Crippen LogP contribution in [-0.4, -0.2) is 68.5 Å². The minimum Gasteiger partial charge on any atom is -0.423 e. The van der Waals surface area contributed by atoms with E-state index in [0.717, 1.165) is 45.5 Å². The van der Waals surface area contributed by atoms with Gasteiger partial charge < -0.3 is 21.5 Å². The highest BCUT2D eigenvalue weighted by Crippen LogP contribution is 2.21. The van der Waals surface area contributed by atoms with Gasteiger partial charge >= 0.3 is 7.12 Å². The highest BCUT2D eigenvalue weighted by molar-refractivity contribution is 9.12. The quantitative estimate of drug-likeness (QED) is 0.0995. The zero-order chi connectivity index (χ0) is 39.5. The van der Waals surface area contributed by atoms with Crippen LogP contribution in [0.15, 0.2) is 90.2 Å². The van der Waals surface area contributed by atoms with Crippen LogP contribution < -0.4 is 16.9 Å². The van der Waals surface area contributed by atoms with Gasteiger partial charge in [-0.25, -0.2) is 29.3 Å². The molecular formula is C36H34BBrF2N10O4. The Labute approximate surface area is 317 Å². The minimum absolute atomic E-state index is 0.104. The topological polar surface area (TPSA) is 214 Å². The Bertz CT molecular complexity index is 2310. The molecule has 4 aromatic heterocycles. The van der Waals surface area contributed by atoms with Crippen molar-refractivity contribution in [2.45, 2.75) is 27.7 Å². The van der Waals surface area contributed by atoms with Gasteiger partial charge in [-0.1, -0.05) is 34.4 Å². The van der Waals surface area contributed by atoms with E-state index in [0.29, 0.717) is 17.2 Å². The Hall–Kier alpha value is -6.24. The van der Waals surface area contributed by atoms with Gasteiger partial charge in [0.25, 0.3) is 11.8 Å². The van der Waals surface area contributed by atoms with E-state index in [1.807, 2.05) is 52.0 Å². The number of benzene rings is 2. The van der Waals surface area contributed by atoms with E-state index < -0.39 is 30.8 Å². The number of nitrogens with zero attached hydrogens (tertiary/aromatic N) is 8. The van der Waals surface area contributed by atoms with Crippen molar-refractivity contribution >= 4 is 58.3 Å². The smallest absolute Gasteiger partial charge is 0.423 e. The number of hydrogen-bond donors (Lipinski definition) is 4. The number of primary amides is 2. The summed E-state index contributed by atoms with van der Waals surface area (Å²) in [5.41, 5.74) is 17.4. The van der Waals surface area contributed by atoms with Crippen LogP contribution in [0.5, 0.6) is 0 Å². The Balaban J connectivity index is 0.000000197. The molecule has 2 aromatic carbocycles. The standard InChI is InChI=1S/C18H16FN5O.C13H13BrN4O.C5H5BFNO2/c1-11-5-12(2)7-14(6-11)18-22-10-24(23-18)9-15(17(20)25)13-3-4-21-16(19)8-13;1-8-3-9(2)5-10(4-8)13-16-7-18(17-13)6-11(14)12(15)19;7-5-3-4(6(9)10)1-2-8-5/h3-10H,1-2H3,(H2,20,25);3-7H,1-2H3,(H2,15,19);1-3,9-10H/b15-9-;11-6+;. The molecule has 0 bridgehead atoms. The fraction of sp³-hybridized carbons (Fsp3) is 0.111. The van der Waals surface area contributed by atoms with Crippen LogP contribution in [0.2, 0.25) is 0 Å². The number of aromatic nitrogens is 8. The molecule has 0 aliphatic carbocycles. The highest BCUT2D eigenvalue weighted by atomic mass is 79.9. The van der Waals surface area contributed by atoms with Crippen LogP contribution in [0.25, 0.3) is 40.7 Å². The van der Waals surface area contributed by atoms with Crippen LogP contribution in [0, 0.1) is 39.6 Å². The maximum Gasteiger partial charge on any atom is 0.488 e. The average Bonchev–Trinajstić information content (AvgIpc) is 3.77. The van der Waals surface area contributed by atoms with Crippen LogP contribution in [0.1, 0.15) is 27.8 Å². The van der Waals surface area contributed by atoms with Gasteiger partial charge in [-0.3, -0.25) is 9.59 Å². The molecule has 0 aliphatic heterocycles. The average molecular weight is 799 g/mol. The number of hydrogen-bond acceptors (Lipinski definition) is 10. The summed E-state index contributed by atoms with van der Waals surface area (Å²) < 4.78 is 28.6. The molecule has 0 saturated heterocycles. The van der Waals surface area contributed by atoms with Crippen molar-refractivity contribution in [3.05, 3.63) is 130 Å². The molecule has 6 aromatic rings. The molecule has 14 nitrogen and oxygen atoms in total. The van der Waals surface area contributed by atoms with Crippen molar-refractivity contribution in [2.24, 2.45) is 11.5 Å². The Kier molecular flexibility index (Phi) is 13.9. The van der Waals surface area contributed by atoms with Gasteiger partial charge in [-0.15, -0.1) is 10.2 Å². The Morgan fingerprint density at radius 1 is 0.685 bits per heavy atom. The molecule has 6 N–H and O–H groups in total. The Morgan fingerprint density at radius 3 is 1.56 bits per heavy atom. The molecular weight excluding hydrogens is 765 g/mol. The first-order valence-electron chi connectivity index (χ1n) is 15.9. The largest absolute Gasteiger partial charge is 0.488 e. The molecule has 0 atom stereocenters. The molecule has 0 unspecified atom stereocenters. The lowest BCUT2D eigenvalue weighted by Gasteiger charge is -2.03. The van der Waals surface area contributed by atoms with E-state index in [9.17, 15) is 18.4 Å². The van der Waals surface area contributed by atoms with E-state index in [2.05, 4.69) is 58.2 Å². The van der Waals surface area contributed by atoms with Crippen molar-refractivity contribution in [3.8, 4) is 22.8 Å². The van der Waals surface area contributed by atoms with Crippen molar-refractivity contribution in [1.29, 1.82) is 0 Å². The third-order valence-electron chi connectivity index (χ3n) is 7.07. The normalized spacial score (nSPS) is 11.2. The third kappa shape index (κ3) is 11.9. The third-order valence-corrected chi connectivity index (χ3v) is 7.67. The van der Waals surface area contributed by atoms with E-state index >= 15 is 0 Å². The second-order valence-electron chi connectivity index (χ2n) is 11.8. The first-order valence-corrected chi connectivity index (χ1v) is 16.6. The van der Waals surface area contributed by atoms with E-state index in [1.54, 1.807) is 0 Å². The highest BCUT2D eigenvalue weighted by Gasteiger charge is 2.13. The lowest BCUT2D eigenvalue weighted by atomic mass is 9.81. The maximum absolute atomic E-state index is 13.3. The predicted molar refractivity (Wildman–Crippen MR) is 204 cm³/mol. The number of amides is 2. The molecule has 6 rings (SSSR count). The lowest BCUT2D eigenvalue weighted by molar-refractivity contribution is -0.114. The van der Waals surface area contributed by atoms with Crippen molar-refractivity contribution < 1.29 is 28.4 Å². The molecule has 276 valence electrons. The van der Waals surface area contributed by atoms with Gasteiger partial charge in [0, 0.05) is 35.8 Å². The molecule has 0 aliphatic rings. The fourth-order valence-electron chi connectivity index (χ4n) is 4.89. The zero-order valence-corrected chi connectivity index (χ0v) is 31.0. The molecule has 4 heterocycles. The number of rotatable bonds is 8. The zero-order valence-electron chi connectivity index (χ0n) is 29.4. The number of pyridine rings is 2. The van der Waals surface area contributed by atoms with Crippen LogP contribution in [0.3, 0.4) is 0 Å². The van der Waals surface area contributed by atoms with Gasteiger partial charge in [0.2, 0.25) is 11.9 Å². The molecule has 0 saturated carbocycles. The van der Waals surface area contributed by atoms with E-state index in [4.69, 9.17) is 21.5 Å². The summed E-state index contributed by atoms with van der Waals surface area (Å²) in [6.07, 6.45) is 8.32. The summed E-state index contributed by atoms with van der Waals surface area (Å²) in [6, 6.07) is 17.1. The van der Waals surface area contributed by atoms with E-state index in [-0.39, 0.29) is 15.5 Å². The van der Waals surface area contributed by atoms with Gasteiger partial charge in [0.1, 0.15) is 17.1 Å². The number of halogens is 3. The van der Waals surface area contributed by atoms with Crippen molar-refractivity contribution in [3.63, 3.8) is 0 Å². The second kappa shape index (κ2) is 18.5. The van der Waals surface area contributed by atoms with Gasteiger partial charge in [-0.05, 0) is 97.1 Å². The first-order chi connectivity index (χ1) is 25.6. The monoisotopic (exact) mass is 798 g/mol. The molecule has 2 amide bonds.